The van der Waals surface area contributed by atoms with E-state index in [1.807, 2.05) is 17.0 Å². The molecular formula is C22H27N3O5S. The van der Waals surface area contributed by atoms with Crippen molar-refractivity contribution in [3.8, 4) is 0 Å². The highest BCUT2D eigenvalue weighted by atomic mass is 32.2. The predicted octanol–water partition coefficient (Wildman–Crippen LogP) is 1.79. The SMILES string of the molecule is COC1C(=O)N(C2CCN(S(=O)(=O)c3cccc4cccnc34)CC2)C12CCOCC2. The van der Waals surface area contributed by atoms with Crippen molar-refractivity contribution < 1.29 is 22.7 Å². The number of ether oxygens (including phenoxy) is 2. The summed E-state index contributed by atoms with van der Waals surface area (Å²) < 4.78 is 39.4. The summed E-state index contributed by atoms with van der Waals surface area (Å²) in [7, 11) is -2.08. The summed E-state index contributed by atoms with van der Waals surface area (Å²) in [5, 5.41) is 0.803. The fourth-order valence-electron chi connectivity index (χ4n) is 5.49. The first-order chi connectivity index (χ1) is 15.0. The van der Waals surface area contributed by atoms with Gasteiger partial charge in [0.25, 0.3) is 5.91 Å². The third kappa shape index (κ3) is 3.17. The minimum Gasteiger partial charge on any atom is -0.381 e. The molecule has 3 aliphatic heterocycles. The Morgan fingerprint density at radius 2 is 1.84 bits per heavy atom. The zero-order valence-electron chi connectivity index (χ0n) is 17.6. The molecule has 3 aliphatic rings. The Kier molecular flexibility index (Phi) is 5.24. The number of rotatable bonds is 4. The van der Waals surface area contributed by atoms with Gasteiger partial charge >= 0.3 is 0 Å². The van der Waals surface area contributed by atoms with Gasteiger partial charge in [0.2, 0.25) is 10.0 Å². The molecule has 0 radical (unpaired) electrons. The Morgan fingerprint density at radius 3 is 2.55 bits per heavy atom. The second-order valence-electron chi connectivity index (χ2n) is 8.51. The van der Waals surface area contributed by atoms with Gasteiger partial charge in [-0.3, -0.25) is 9.78 Å². The topological polar surface area (TPSA) is 89.0 Å². The lowest BCUT2D eigenvalue weighted by atomic mass is 9.72. The molecule has 0 aliphatic carbocycles. The maximum atomic E-state index is 13.4. The normalized spacial score (nSPS) is 25.1. The fraction of sp³-hybridized carbons (Fsp3) is 0.545. The van der Waals surface area contributed by atoms with Gasteiger partial charge in [0.15, 0.2) is 6.10 Å². The van der Waals surface area contributed by atoms with Crippen molar-refractivity contribution in [2.24, 2.45) is 0 Å². The zero-order valence-corrected chi connectivity index (χ0v) is 18.4. The van der Waals surface area contributed by atoms with Gasteiger partial charge in [-0.25, -0.2) is 8.42 Å². The third-order valence-electron chi connectivity index (χ3n) is 7.03. The van der Waals surface area contributed by atoms with Gasteiger partial charge in [0, 0.05) is 51.0 Å². The molecule has 166 valence electrons. The van der Waals surface area contributed by atoms with E-state index in [0.29, 0.717) is 44.7 Å². The van der Waals surface area contributed by atoms with Gasteiger partial charge in [0.1, 0.15) is 4.90 Å². The summed E-state index contributed by atoms with van der Waals surface area (Å²) in [6.07, 6.45) is 3.95. The average Bonchev–Trinajstić information content (AvgIpc) is 2.80. The number of methoxy groups -OCH3 is 1. The van der Waals surface area contributed by atoms with Crippen LogP contribution in [0.1, 0.15) is 25.7 Å². The summed E-state index contributed by atoms with van der Waals surface area (Å²) >= 11 is 0. The van der Waals surface area contributed by atoms with Crippen LogP contribution in [-0.4, -0.2) is 79.6 Å². The molecule has 3 saturated heterocycles. The molecule has 9 heteroatoms. The molecule has 1 aromatic carbocycles. The highest BCUT2D eigenvalue weighted by molar-refractivity contribution is 7.89. The molecule has 1 atom stereocenters. The number of nitrogens with zero attached hydrogens (tertiary/aromatic N) is 3. The van der Waals surface area contributed by atoms with Gasteiger partial charge in [-0.2, -0.15) is 4.31 Å². The van der Waals surface area contributed by atoms with Crippen LogP contribution < -0.4 is 0 Å². The maximum absolute atomic E-state index is 13.4. The Morgan fingerprint density at radius 1 is 1.13 bits per heavy atom. The van der Waals surface area contributed by atoms with Gasteiger partial charge in [-0.1, -0.05) is 18.2 Å². The number of β-lactam (4-membered cyclic amide) rings is 1. The number of sulfonamides is 1. The number of fused-ring (bicyclic) bond motifs is 1. The minimum absolute atomic E-state index is 0.0176. The van der Waals surface area contributed by atoms with Gasteiger partial charge in [-0.15, -0.1) is 0 Å². The van der Waals surface area contributed by atoms with Crippen molar-refractivity contribution in [1.29, 1.82) is 0 Å². The molecule has 4 heterocycles. The predicted molar refractivity (Wildman–Crippen MR) is 114 cm³/mol. The third-order valence-corrected chi connectivity index (χ3v) is 8.96. The van der Waals surface area contributed by atoms with Crippen molar-refractivity contribution in [2.45, 2.75) is 48.3 Å². The number of benzene rings is 1. The van der Waals surface area contributed by atoms with Crippen molar-refractivity contribution in [1.82, 2.24) is 14.2 Å². The smallest absolute Gasteiger partial charge is 0.254 e. The highest BCUT2D eigenvalue weighted by Crippen LogP contribution is 2.45. The number of hydrogen-bond donors (Lipinski definition) is 0. The molecule has 2 aromatic rings. The van der Waals surface area contributed by atoms with Gasteiger partial charge < -0.3 is 14.4 Å². The molecule has 1 unspecified atom stereocenters. The van der Waals surface area contributed by atoms with E-state index >= 15 is 0 Å². The van der Waals surface area contributed by atoms with Crippen LogP contribution in [0.3, 0.4) is 0 Å². The quantitative estimate of drug-likeness (QED) is 0.667. The number of likely N-dealkylation sites (tertiary alicyclic amines) is 1. The molecule has 8 nitrogen and oxygen atoms in total. The zero-order chi connectivity index (χ0) is 21.6. The largest absolute Gasteiger partial charge is 0.381 e. The molecule has 1 aromatic heterocycles. The van der Waals surface area contributed by atoms with E-state index in [1.54, 1.807) is 31.5 Å². The van der Waals surface area contributed by atoms with Crippen LogP contribution in [0.25, 0.3) is 10.9 Å². The number of carbonyl (C=O) groups excluding carboxylic acids is 1. The van der Waals surface area contributed by atoms with Crippen LogP contribution >= 0.6 is 0 Å². The van der Waals surface area contributed by atoms with Crippen molar-refractivity contribution in [3.63, 3.8) is 0 Å². The Bertz CT molecular complexity index is 1090. The molecule has 0 saturated carbocycles. The molecule has 0 N–H and O–H groups in total. The second-order valence-corrected chi connectivity index (χ2v) is 10.4. The van der Waals surface area contributed by atoms with Gasteiger partial charge in [-0.05, 0) is 37.8 Å². The summed E-state index contributed by atoms with van der Waals surface area (Å²) in [5.41, 5.74) is 0.184. The van der Waals surface area contributed by atoms with Crippen LogP contribution in [-0.2, 0) is 24.3 Å². The lowest BCUT2D eigenvalue weighted by Crippen LogP contribution is -2.79. The highest BCUT2D eigenvalue weighted by Gasteiger charge is 2.62. The first-order valence-electron chi connectivity index (χ1n) is 10.8. The summed E-state index contributed by atoms with van der Waals surface area (Å²) in [6.45, 7) is 1.99. The van der Waals surface area contributed by atoms with E-state index < -0.39 is 16.1 Å². The maximum Gasteiger partial charge on any atom is 0.254 e. The number of pyridine rings is 1. The molecular weight excluding hydrogens is 418 g/mol. The van der Waals surface area contributed by atoms with E-state index in [4.69, 9.17) is 9.47 Å². The first-order valence-corrected chi connectivity index (χ1v) is 12.2. The lowest BCUT2D eigenvalue weighted by Gasteiger charge is -2.61. The number of hydrogen-bond acceptors (Lipinski definition) is 6. The molecule has 0 bridgehead atoms. The van der Waals surface area contributed by atoms with Gasteiger partial charge in [0.05, 0.1) is 11.1 Å². The van der Waals surface area contributed by atoms with E-state index in [0.717, 1.165) is 18.2 Å². The Balaban J connectivity index is 1.35. The second kappa shape index (κ2) is 7.81. The van der Waals surface area contributed by atoms with E-state index in [1.165, 1.54) is 4.31 Å². The molecule has 1 amide bonds. The van der Waals surface area contributed by atoms with E-state index in [2.05, 4.69) is 4.98 Å². The van der Waals surface area contributed by atoms with Crippen molar-refractivity contribution in [3.05, 3.63) is 36.5 Å². The van der Waals surface area contributed by atoms with Crippen molar-refractivity contribution >= 4 is 26.8 Å². The molecule has 3 fully saturated rings. The first kappa shape index (κ1) is 20.8. The van der Waals surface area contributed by atoms with Crippen LogP contribution in [0.5, 0.6) is 0 Å². The van der Waals surface area contributed by atoms with E-state index in [9.17, 15) is 13.2 Å². The Hall–Kier alpha value is -2.07. The number of piperidine rings is 1. The number of aromatic nitrogens is 1. The van der Waals surface area contributed by atoms with Crippen molar-refractivity contribution in [2.75, 3.05) is 33.4 Å². The van der Waals surface area contributed by atoms with Crippen LogP contribution in [0.4, 0.5) is 0 Å². The summed E-state index contributed by atoms with van der Waals surface area (Å²) in [6, 6.07) is 8.92. The molecule has 1 spiro atoms. The van der Waals surface area contributed by atoms with E-state index in [-0.39, 0.29) is 22.4 Å². The number of para-hydroxylation sites is 1. The number of amides is 1. The van der Waals surface area contributed by atoms with Crippen LogP contribution in [0, 0.1) is 0 Å². The Labute approximate surface area is 182 Å². The monoisotopic (exact) mass is 445 g/mol. The minimum atomic E-state index is -3.67. The summed E-state index contributed by atoms with van der Waals surface area (Å²) in [4.78, 5) is 19.4. The number of carbonyl (C=O) groups is 1. The lowest BCUT2D eigenvalue weighted by molar-refractivity contribution is -0.213. The standard InChI is InChI=1S/C22H27N3O5S/c1-29-20-21(26)25(22(20)9-14-30-15-10-22)17-7-12-24(13-8-17)31(27,28)18-6-2-4-16-5-3-11-23-19(16)18/h2-6,11,17,20H,7-10,12-15H2,1H3. The fourth-order valence-corrected chi connectivity index (χ4v) is 7.13. The summed E-state index contributed by atoms with van der Waals surface area (Å²) in [5.74, 6) is 0.0176. The van der Waals surface area contributed by atoms with Crippen LogP contribution in [0.15, 0.2) is 41.4 Å². The molecule has 31 heavy (non-hydrogen) atoms. The average molecular weight is 446 g/mol. The van der Waals surface area contributed by atoms with Crippen LogP contribution in [0.2, 0.25) is 0 Å². The molecule has 5 rings (SSSR count).